The van der Waals surface area contributed by atoms with Gasteiger partial charge >= 0.3 is 12.4 Å². The van der Waals surface area contributed by atoms with Crippen LogP contribution >= 0.6 is 11.8 Å². The van der Waals surface area contributed by atoms with Gasteiger partial charge in [-0.05, 0) is 87.7 Å². The molecule has 1 N–H and O–H groups in total. The molecule has 5 nitrogen and oxygen atoms in total. The van der Waals surface area contributed by atoms with Gasteiger partial charge < -0.3 is 10.0 Å². The SMILES string of the molecule is O=S(=O)(C1CCCS1)N1CCN(CC2CCC(C3CCC(C(O)(C(F)(F)F)C(F)(F)F)CC3)CC2)CC1. The summed E-state index contributed by atoms with van der Waals surface area (Å²) < 4.78 is 106. The van der Waals surface area contributed by atoms with Gasteiger partial charge in [-0.3, -0.25) is 0 Å². The van der Waals surface area contributed by atoms with Gasteiger partial charge in [0.1, 0.15) is 4.58 Å². The fraction of sp³-hybridized carbons (Fsp3) is 1.00. The summed E-state index contributed by atoms with van der Waals surface area (Å²) in [5.41, 5.74) is -4.64. The molecule has 0 aromatic heterocycles. The standard InChI is InChI=1S/C24H38F6N2O3S2/c25-23(26,27)22(33,24(28,29)30)20-9-7-19(8-10-20)18-5-3-17(4-6-18)16-31-11-13-32(14-12-31)37(34,35)21-2-1-15-36-21/h17-21,33H,1-16H2. The maximum atomic E-state index is 13.2. The number of hydrogen-bond donors (Lipinski definition) is 1. The summed E-state index contributed by atoms with van der Waals surface area (Å²) in [6, 6.07) is 0. The summed E-state index contributed by atoms with van der Waals surface area (Å²) in [6.45, 7) is 3.35. The van der Waals surface area contributed by atoms with E-state index in [2.05, 4.69) is 4.90 Å². The highest BCUT2D eigenvalue weighted by molar-refractivity contribution is 8.12. The number of halogens is 6. The highest BCUT2D eigenvalue weighted by Gasteiger charge is 2.73. The Morgan fingerprint density at radius 2 is 1.27 bits per heavy atom. The first-order chi connectivity index (χ1) is 17.2. The third-order valence-electron chi connectivity index (χ3n) is 9.21. The molecule has 4 aliphatic rings. The molecule has 0 bridgehead atoms. The van der Waals surface area contributed by atoms with Crippen molar-refractivity contribution in [2.45, 2.75) is 86.7 Å². The lowest BCUT2D eigenvalue weighted by atomic mass is 9.66. The Bertz CT molecular complexity index is 841. The van der Waals surface area contributed by atoms with Gasteiger partial charge in [-0.25, -0.2) is 8.42 Å². The minimum Gasteiger partial charge on any atom is -0.373 e. The van der Waals surface area contributed by atoms with Crippen molar-refractivity contribution < 1.29 is 39.9 Å². The fourth-order valence-electron chi connectivity index (χ4n) is 6.96. The number of nitrogens with zero attached hydrogens (tertiary/aromatic N) is 2. The molecule has 1 unspecified atom stereocenters. The summed E-state index contributed by atoms with van der Waals surface area (Å²) in [5.74, 6) is -0.0771. The van der Waals surface area contributed by atoms with E-state index < -0.39 is 33.9 Å². The normalized spacial score (nSPS) is 34.1. The minimum absolute atomic E-state index is 0.102. The van der Waals surface area contributed by atoms with Gasteiger partial charge in [0, 0.05) is 38.6 Å². The number of sulfonamides is 1. The number of piperazine rings is 1. The molecular weight excluding hydrogens is 542 g/mol. The Morgan fingerprint density at radius 3 is 1.73 bits per heavy atom. The third-order valence-corrected chi connectivity index (χ3v) is 13.5. The van der Waals surface area contributed by atoms with Crippen LogP contribution in [0.1, 0.15) is 64.2 Å². The van der Waals surface area contributed by atoms with Gasteiger partial charge in [0.15, 0.2) is 0 Å². The van der Waals surface area contributed by atoms with Crippen LogP contribution in [0.4, 0.5) is 26.3 Å². The van der Waals surface area contributed by atoms with Gasteiger partial charge in [-0.2, -0.15) is 30.6 Å². The summed E-state index contributed by atoms with van der Waals surface area (Å²) in [5, 5.41) is 9.72. The Kier molecular flexibility index (Phi) is 9.10. The van der Waals surface area contributed by atoms with Crippen molar-refractivity contribution in [3.63, 3.8) is 0 Å². The van der Waals surface area contributed by atoms with Crippen LogP contribution in [-0.2, 0) is 10.0 Å². The quantitative estimate of drug-likeness (QED) is 0.435. The zero-order valence-electron chi connectivity index (χ0n) is 20.9. The van der Waals surface area contributed by atoms with Crippen molar-refractivity contribution in [3.8, 4) is 0 Å². The molecule has 0 aromatic carbocycles. The van der Waals surface area contributed by atoms with Crippen LogP contribution in [-0.4, -0.2) is 83.7 Å². The first kappa shape index (κ1) is 29.7. The van der Waals surface area contributed by atoms with Crippen LogP contribution in [0.15, 0.2) is 0 Å². The number of thioether (sulfide) groups is 1. The van der Waals surface area contributed by atoms with E-state index in [4.69, 9.17) is 0 Å². The molecule has 0 radical (unpaired) electrons. The Morgan fingerprint density at radius 1 is 0.757 bits per heavy atom. The van der Waals surface area contributed by atoms with E-state index in [0.717, 1.165) is 50.8 Å². The van der Waals surface area contributed by atoms with Crippen molar-refractivity contribution in [1.82, 2.24) is 9.21 Å². The second kappa shape index (κ2) is 11.3. The fourth-order valence-corrected chi connectivity index (χ4v) is 10.7. The van der Waals surface area contributed by atoms with Gasteiger partial charge in [0.05, 0.1) is 0 Å². The van der Waals surface area contributed by atoms with E-state index in [1.807, 2.05) is 0 Å². The maximum absolute atomic E-state index is 13.2. The largest absolute Gasteiger partial charge is 0.426 e. The molecule has 2 aliphatic heterocycles. The van der Waals surface area contributed by atoms with Crippen LogP contribution in [0, 0.1) is 23.7 Å². The molecule has 37 heavy (non-hydrogen) atoms. The van der Waals surface area contributed by atoms with E-state index in [-0.39, 0.29) is 36.2 Å². The molecule has 2 heterocycles. The number of alkyl halides is 6. The average Bonchev–Trinajstić information content (AvgIpc) is 3.39. The Labute approximate surface area is 219 Å². The highest BCUT2D eigenvalue weighted by atomic mass is 32.3. The van der Waals surface area contributed by atoms with Crippen LogP contribution in [0.25, 0.3) is 0 Å². The van der Waals surface area contributed by atoms with Gasteiger partial charge in [0.2, 0.25) is 10.0 Å². The minimum atomic E-state index is -5.74. The monoisotopic (exact) mass is 580 g/mol. The molecule has 2 saturated carbocycles. The van der Waals surface area contributed by atoms with Crippen LogP contribution in [0.5, 0.6) is 0 Å². The third kappa shape index (κ3) is 6.25. The van der Waals surface area contributed by atoms with Crippen molar-refractivity contribution >= 4 is 21.8 Å². The van der Waals surface area contributed by atoms with Crippen molar-refractivity contribution in [3.05, 3.63) is 0 Å². The molecule has 4 rings (SSSR count). The predicted octanol–water partition coefficient (Wildman–Crippen LogP) is 5.26. The number of hydrogen-bond acceptors (Lipinski definition) is 5. The van der Waals surface area contributed by atoms with E-state index in [0.29, 0.717) is 38.0 Å². The van der Waals surface area contributed by atoms with E-state index >= 15 is 0 Å². The maximum Gasteiger partial charge on any atom is 0.426 e. The average molecular weight is 581 g/mol. The van der Waals surface area contributed by atoms with Gasteiger partial charge in [-0.15, -0.1) is 11.8 Å². The molecular formula is C24H38F6N2O3S2. The number of aliphatic hydroxyl groups is 1. The predicted molar refractivity (Wildman–Crippen MR) is 130 cm³/mol. The second-order valence-corrected chi connectivity index (χ2v) is 15.1. The molecule has 0 aromatic rings. The van der Waals surface area contributed by atoms with Crippen LogP contribution in [0.3, 0.4) is 0 Å². The molecule has 13 heteroatoms. The molecule has 4 fully saturated rings. The lowest BCUT2D eigenvalue weighted by Crippen LogP contribution is -2.62. The van der Waals surface area contributed by atoms with Crippen LogP contribution < -0.4 is 0 Å². The van der Waals surface area contributed by atoms with Crippen LogP contribution in [0.2, 0.25) is 0 Å². The molecule has 2 aliphatic carbocycles. The molecule has 216 valence electrons. The Balaban J connectivity index is 1.20. The topological polar surface area (TPSA) is 60.9 Å². The van der Waals surface area contributed by atoms with Crippen molar-refractivity contribution in [1.29, 1.82) is 0 Å². The van der Waals surface area contributed by atoms with Gasteiger partial charge in [0.25, 0.3) is 5.60 Å². The Hall–Kier alpha value is -0.240. The van der Waals surface area contributed by atoms with Gasteiger partial charge in [-0.1, -0.05) is 0 Å². The summed E-state index contributed by atoms with van der Waals surface area (Å²) in [4.78, 5) is 2.32. The molecule has 0 spiro atoms. The van der Waals surface area contributed by atoms with E-state index in [1.54, 1.807) is 4.31 Å². The summed E-state index contributed by atoms with van der Waals surface area (Å²) >= 11 is 1.53. The second-order valence-electron chi connectivity index (χ2n) is 11.3. The highest BCUT2D eigenvalue weighted by Crippen LogP contribution is 2.53. The lowest BCUT2D eigenvalue weighted by molar-refractivity contribution is -0.387. The zero-order chi connectivity index (χ0) is 27.1. The van der Waals surface area contributed by atoms with Crippen molar-refractivity contribution in [2.24, 2.45) is 23.7 Å². The van der Waals surface area contributed by atoms with E-state index in [9.17, 15) is 39.9 Å². The van der Waals surface area contributed by atoms with Crippen molar-refractivity contribution in [2.75, 3.05) is 38.5 Å². The zero-order valence-corrected chi connectivity index (χ0v) is 22.6. The molecule has 1 atom stereocenters. The number of rotatable bonds is 6. The molecule has 2 saturated heterocycles. The summed E-state index contributed by atoms with van der Waals surface area (Å²) in [7, 11) is -3.24. The smallest absolute Gasteiger partial charge is 0.373 e. The summed E-state index contributed by atoms with van der Waals surface area (Å²) in [6.07, 6.45) is -6.03. The lowest BCUT2D eigenvalue weighted by Gasteiger charge is -2.44. The van der Waals surface area contributed by atoms with E-state index in [1.165, 1.54) is 11.8 Å². The first-order valence-electron chi connectivity index (χ1n) is 13.4. The molecule has 0 amide bonds. The first-order valence-corrected chi connectivity index (χ1v) is 16.0.